The lowest BCUT2D eigenvalue weighted by Crippen LogP contribution is -2.19. The molecule has 2 aromatic rings. The van der Waals surface area contributed by atoms with Gasteiger partial charge in [0.2, 0.25) is 0 Å². The summed E-state index contributed by atoms with van der Waals surface area (Å²) in [5.74, 6) is 0.112. The van der Waals surface area contributed by atoms with Gasteiger partial charge in [-0.2, -0.15) is 5.10 Å². The van der Waals surface area contributed by atoms with Gasteiger partial charge in [-0.15, -0.1) is 0 Å². The first kappa shape index (κ1) is 12.6. The number of carbonyl (C=O) groups is 1. The van der Waals surface area contributed by atoms with Gasteiger partial charge < -0.3 is 0 Å². The van der Waals surface area contributed by atoms with Crippen LogP contribution in [0.5, 0.6) is 0 Å². The Morgan fingerprint density at radius 3 is 2.33 bits per heavy atom. The van der Waals surface area contributed by atoms with Crippen LogP contribution in [0.2, 0.25) is 0 Å². The number of hydrogen-bond acceptors (Lipinski definition) is 2. The lowest BCUT2D eigenvalue weighted by Gasteiger charge is -2.14. The molecule has 0 saturated carbocycles. The second kappa shape index (κ2) is 4.41. The summed E-state index contributed by atoms with van der Waals surface area (Å²) in [7, 11) is 0. The summed E-state index contributed by atoms with van der Waals surface area (Å²) >= 11 is 0. The van der Waals surface area contributed by atoms with Crippen LogP contribution >= 0.6 is 0 Å². The van der Waals surface area contributed by atoms with Gasteiger partial charge in [0.25, 0.3) is 0 Å². The number of aromatic nitrogens is 2. The van der Waals surface area contributed by atoms with E-state index in [1.54, 1.807) is 17.1 Å². The highest BCUT2D eigenvalue weighted by atomic mass is 16.1. The standard InChI is InChI=1S/C15H18N2O/c1-11-5-7-13(8-6-11)17-10-12(9-16-17)14(18)15(2,3)4/h5-10H,1-4H3. The fraction of sp³-hybridized carbons (Fsp3) is 0.333. The van der Waals surface area contributed by atoms with E-state index in [0.717, 1.165) is 5.69 Å². The molecule has 0 spiro atoms. The van der Waals surface area contributed by atoms with Crippen molar-refractivity contribution < 1.29 is 4.79 Å². The zero-order valence-corrected chi connectivity index (χ0v) is 11.3. The van der Waals surface area contributed by atoms with Crippen molar-refractivity contribution in [3.63, 3.8) is 0 Å². The van der Waals surface area contributed by atoms with E-state index in [9.17, 15) is 4.79 Å². The molecule has 0 unspecified atom stereocenters. The van der Waals surface area contributed by atoms with Gasteiger partial charge in [0, 0.05) is 11.6 Å². The second-order valence-corrected chi connectivity index (χ2v) is 5.59. The number of benzene rings is 1. The van der Waals surface area contributed by atoms with Gasteiger partial charge in [-0.1, -0.05) is 38.5 Å². The maximum Gasteiger partial charge on any atom is 0.171 e. The topological polar surface area (TPSA) is 34.9 Å². The summed E-state index contributed by atoms with van der Waals surface area (Å²) in [6, 6.07) is 8.05. The number of hydrogen-bond donors (Lipinski definition) is 0. The van der Waals surface area contributed by atoms with Crippen LogP contribution in [0.15, 0.2) is 36.7 Å². The molecule has 0 fully saturated rings. The quantitative estimate of drug-likeness (QED) is 0.756. The van der Waals surface area contributed by atoms with Gasteiger partial charge in [0.05, 0.1) is 17.4 Å². The summed E-state index contributed by atoms with van der Waals surface area (Å²) in [5.41, 5.74) is 2.45. The molecule has 0 saturated heterocycles. The Balaban J connectivity index is 2.31. The average molecular weight is 242 g/mol. The summed E-state index contributed by atoms with van der Waals surface area (Å²) < 4.78 is 1.73. The van der Waals surface area contributed by atoms with Crippen LogP contribution in [-0.4, -0.2) is 15.6 Å². The molecule has 3 nitrogen and oxygen atoms in total. The number of carbonyl (C=O) groups excluding carboxylic acids is 1. The van der Waals surface area contributed by atoms with Crippen molar-refractivity contribution in [3.8, 4) is 5.69 Å². The van der Waals surface area contributed by atoms with E-state index < -0.39 is 0 Å². The number of ketones is 1. The first-order valence-electron chi connectivity index (χ1n) is 6.04. The van der Waals surface area contributed by atoms with E-state index in [4.69, 9.17) is 0 Å². The van der Waals surface area contributed by atoms with E-state index in [2.05, 4.69) is 5.10 Å². The average Bonchev–Trinajstić information content (AvgIpc) is 2.77. The van der Waals surface area contributed by atoms with Crippen molar-refractivity contribution >= 4 is 5.78 Å². The molecule has 0 atom stereocenters. The summed E-state index contributed by atoms with van der Waals surface area (Å²) in [6.45, 7) is 7.79. The van der Waals surface area contributed by atoms with Crippen LogP contribution in [0.4, 0.5) is 0 Å². The van der Waals surface area contributed by atoms with Crippen LogP contribution in [0.1, 0.15) is 36.7 Å². The number of aryl methyl sites for hydroxylation is 1. The predicted molar refractivity (Wildman–Crippen MR) is 72.1 cm³/mol. The second-order valence-electron chi connectivity index (χ2n) is 5.59. The first-order chi connectivity index (χ1) is 8.38. The molecular weight excluding hydrogens is 224 g/mol. The van der Waals surface area contributed by atoms with Crippen LogP contribution in [0.25, 0.3) is 5.69 Å². The Labute approximate surface area is 107 Å². The number of rotatable bonds is 2. The molecule has 3 heteroatoms. The van der Waals surface area contributed by atoms with Crippen molar-refractivity contribution in [2.75, 3.05) is 0 Å². The van der Waals surface area contributed by atoms with Crippen molar-refractivity contribution in [3.05, 3.63) is 47.8 Å². The van der Waals surface area contributed by atoms with E-state index >= 15 is 0 Å². The molecule has 94 valence electrons. The Bertz CT molecular complexity index is 559. The van der Waals surface area contributed by atoms with Crippen LogP contribution < -0.4 is 0 Å². The predicted octanol–water partition coefficient (Wildman–Crippen LogP) is 3.41. The van der Waals surface area contributed by atoms with Crippen LogP contribution in [0, 0.1) is 12.3 Å². The van der Waals surface area contributed by atoms with E-state index in [-0.39, 0.29) is 11.2 Å². The fourth-order valence-corrected chi connectivity index (χ4v) is 1.71. The molecular formula is C15H18N2O. The number of Topliss-reactive ketones (excluding diaryl/α,β-unsaturated/α-hetero) is 1. The Kier molecular flexibility index (Phi) is 3.07. The third-order valence-electron chi connectivity index (χ3n) is 2.82. The highest BCUT2D eigenvalue weighted by Gasteiger charge is 2.24. The zero-order chi connectivity index (χ0) is 13.3. The normalized spacial score (nSPS) is 11.6. The van der Waals surface area contributed by atoms with Crippen molar-refractivity contribution in [1.29, 1.82) is 0 Å². The molecule has 0 aliphatic carbocycles. The highest BCUT2D eigenvalue weighted by Crippen LogP contribution is 2.21. The number of nitrogens with zero attached hydrogens (tertiary/aromatic N) is 2. The van der Waals surface area contributed by atoms with Gasteiger partial charge in [-0.25, -0.2) is 4.68 Å². The maximum absolute atomic E-state index is 12.1. The Hall–Kier alpha value is -1.90. The molecule has 0 aliphatic heterocycles. The van der Waals surface area contributed by atoms with Gasteiger partial charge >= 0.3 is 0 Å². The monoisotopic (exact) mass is 242 g/mol. The first-order valence-corrected chi connectivity index (χ1v) is 6.04. The molecule has 0 amide bonds. The van der Waals surface area contributed by atoms with Gasteiger partial charge in [0.15, 0.2) is 5.78 Å². The highest BCUT2D eigenvalue weighted by molar-refractivity contribution is 5.99. The molecule has 18 heavy (non-hydrogen) atoms. The maximum atomic E-state index is 12.1. The summed E-state index contributed by atoms with van der Waals surface area (Å²) in [6.07, 6.45) is 3.42. The molecule has 0 N–H and O–H groups in total. The SMILES string of the molecule is Cc1ccc(-n2cc(C(=O)C(C)(C)C)cn2)cc1. The van der Waals surface area contributed by atoms with E-state index in [0.29, 0.717) is 5.56 Å². The molecule has 0 aliphatic rings. The van der Waals surface area contributed by atoms with Gasteiger partial charge in [-0.3, -0.25) is 4.79 Å². The van der Waals surface area contributed by atoms with Crippen LogP contribution in [-0.2, 0) is 0 Å². The van der Waals surface area contributed by atoms with Crippen molar-refractivity contribution in [2.24, 2.45) is 5.41 Å². The van der Waals surface area contributed by atoms with Gasteiger partial charge in [-0.05, 0) is 19.1 Å². The van der Waals surface area contributed by atoms with Crippen LogP contribution in [0.3, 0.4) is 0 Å². The minimum absolute atomic E-state index is 0.112. The summed E-state index contributed by atoms with van der Waals surface area (Å²) in [4.78, 5) is 12.1. The lowest BCUT2D eigenvalue weighted by atomic mass is 9.88. The zero-order valence-electron chi connectivity index (χ0n) is 11.3. The molecule has 1 aromatic carbocycles. The molecule has 0 radical (unpaired) electrons. The van der Waals surface area contributed by atoms with Gasteiger partial charge in [0.1, 0.15) is 0 Å². The molecule has 0 bridgehead atoms. The smallest absolute Gasteiger partial charge is 0.171 e. The van der Waals surface area contributed by atoms with Crippen molar-refractivity contribution in [1.82, 2.24) is 9.78 Å². The largest absolute Gasteiger partial charge is 0.293 e. The minimum Gasteiger partial charge on any atom is -0.293 e. The molecule has 1 aromatic heterocycles. The van der Waals surface area contributed by atoms with E-state index in [1.807, 2.05) is 52.0 Å². The summed E-state index contributed by atoms with van der Waals surface area (Å²) in [5, 5.41) is 4.25. The third kappa shape index (κ3) is 2.50. The Morgan fingerprint density at radius 1 is 1.17 bits per heavy atom. The van der Waals surface area contributed by atoms with E-state index in [1.165, 1.54) is 5.56 Å². The Morgan fingerprint density at radius 2 is 1.78 bits per heavy atom. The molecule has 1 heterocycles. The third-order valence-corrected chi connectivity index (χ3v) is 2.82. The van der Waals surface area contributed by atoms with Crippen molar-refractivity contribution in [2.45, 2.75) is 27.7 Å². The fourth-order valence-electron chi connectivity index (χ4n) is 1.71. The molecule has 2 rings (SSSR count). The minimum atomic E-state index is -0.374. The lowest BCUT2D eigenvalue weighted by molar-refractivity contribution is 0.0858.